The van der Waals surface area contributed by atoms with Crippen molar-refractivity contribution in [3.05, 3.63) is 40.6 Å². The number of amides is 1. The molecule has 2 rings (SSSR count). The minimum atomic E-state index is -0.0872. The molecule has 1 aromatic carbocycles. The SMILES string of the molecule is COc1cc(N)ccc1NC(=O)CN(C)Cc1ccsc1. The number of nitrogens with one attached hydrogen (secondary N) is 1. The zero-order chi connectivity index (χ0) is 15.2. The van der Waals surface area contributed by atoms with E-state index in [1.165, 1.54) is 5.56 Å². The van der Waals surface area contributed by atoms with Crippen molar-refractivity contribution in [2.75, 3.05) is 31.8 Å². The summed E-state index contributed by atoms with van der Waals surface area (Å²) in [7, 11) is 3.46. The van der Waals surface area contributed by atoms with Crippen molar-refractivity contribution in [3.63, 3.8) is 0 Å². The van der Waals surface area contributed by atoms with Gasteiger partial charge in [-0.1, -0.05) is 0 Å². The van der Waals surface area contributed by atoms with Gasteiger partial charge >= 0.3 is 0 Å². The van der Waals surface area contributed by atoms with Crippen LogP contribution in [-0.2, 0) is 11.3 Å². The van der Waals surface area contributed by atoms with Gasteiger partial charge in [0.1, 0.15) is 5.75 Å². The summed E-state index contributed by atoms with van der Waals surface area (Å²) in [6, 6.07) is 7.21. The molecule has 0 bridgehead atoms. The second-order valence-corrected chi connectivity index (χ2v) is 5.59. The summed E-state index contributed by atoms with van der Waals surface area (Å²) in [5.74, 6) is 0.472. The van der Waals surface area contributed by atoms with E-state index in [9.17, 15) is 4.79 Å². The van der Waals surface area contributed by atoms with Gasteiger partial charge in [-0.25, -0.2) is 0 Å². The Labute approximate surface area is 128 Å². The Morgan fingerprint density at radius 1 is 1.43 bits per heavy atom. The maximum Gasteiger partial charge on any atom is 0.238 e. The van der Waals surface area contributed by atoms with Crippen molar-refractivity contribution in [3.8, 4) is 5.75 Å². The van der Waals surface area contributed by atoms with E-state index in [4.69, 9.17) is 10.5 Å². The average Bonchev–Trinajstić information content (AvgIpc) is 2.93. The van der Waals surface area contributed by atoms with E-state index in [1.807, 2.05) is 17.3 Å². The molecule has 3 N–H and O–H groups in total. The molecular weight excluding hydrogens is 286 g/mol. The lowest BCUT2D eigenvalue weighted by atomic mass is 10.2. The summed E-state index contributed by atoms with van der Waals surface area (Å²) in [6.07, 6.45) is 0. The summed E-state index contributed by atoms with van der Waals surface area (Å²) < 4.78 is 5.21. The van der Waals surface area contributed by atoms with Crippen molar-refractivity contribution in [1.82, 2.24) is 4.90 Å². The maximum absolute atomic E-state index is 12.1. The van der Waals surface area contributed by atoms with Gasteiger partial charge in [0, 0.05) is 18.3 Å². The minimum Gasteiger partial charge on any atom is -0.494 e. The van der Waals surface area contributed by atoms with E-state index >= 15 is 0 Å². The summed E-state index contributed by atoms with van der Waals surface area (Å²) in [4.78, 5) is 14.0. The molecule has 5 nitrogen and oxygen atoms in total. The highest BCUT2D eigenvalue weighted by atomic mass is 32.1. The van der Waals surface area contributed by atoms with Crippen LogP contribution in [0.4, 0.5) is 11.4 Å². The van der Waals surface area contributed by atoms with E-state index in [2.05, 4.69) is 16.8 Å². The van der Waals surface area contributed by atoms with Crippen LogP contribution < -0.4 is 15.8 Å². The number of rotatable bonds is 6. The van der Waals surface area contributed by atoms with E-state index in [-0.39, 0.29) is 5.91 Å². The van der Waals surface area contributed by atoms with Crippen LogP contribution in [0.25, 0.3) is 0 Å². The topological polar surface area (TPSA) is 67.6 Å². The largest absolute Gasteiger partial charge is 0.494 e. The minimum absolute atomic E-state index is 0.0872. The molecule has 0 fully saturated rings. The van der Waals surface area contributed by atoms with Gasteiger partial charge in [-0.3, -0.25) is 9.69 Å². The third kappa shape index (κ3) is 4.47. The van der Waals surface area contributed by atoms with Crippen LogP contribution in [0.15, 0.2) is 35.0 Å². The quantitative estimate of drug-likeness (QED) is 0.804. The standard InChI is InChI=1S/C15H19N3O2S/c1-18(8-11-5-6-21-10-11)9-15(19)17-13-4-3-12(16)7-14(13)20-2/h3-7,10H,8-9,16H2,1-2H3,(H,17,19). The first-order valence-corrected chi connectivity index (χ1v) is 7.45. The van der Waals surface area contributed by atoms with Crippen LogP contribution in [0.1, 0.15) is 5.56 Å². The molecule has 6 heteroatoms. The lowest BCUT2D eigenvalue weighted by Gasteiger charge is -2.16. The highest BCUT2D eigenvalue weighted by Crippen LogP contribution is 2.26. The van der Waals surface area contributed by atoms with Crippen LogP contribution >= 0.6 is 11.3 Å². The van der Waals surface area contributed by atoms with Crippen molar-refractivity contribution >= 4 is 28.6 Å². The predicted octanol–water partition coefficient (Wildman–Crippen LogP) is 2.41. The summed E-state index contributed by atoms with van der Waals surface area (Å²) >= 11 is 1.65. The first-order valence-electron chi connectivity index (χ1n) is 6.51. The summed E-state index contributed by atoms with van der Waals surface area (Å²) in [6.45, 7) is 1.05. The van der Waals surface area contributed by atoms with Gasteiger partial charge in [-0.15, -0.1) is 0 Å². The van der Waals surface area contributed by atoms with E-state index in [0.717, 1.165) is 6.54 Å². The van der Waals surface area contributed by atoms with Crippen molar-refractivity contribution < 1.29 is 9.53 Å². The number of thiophene rings is 1. The molecule has 112 valence electrons. The van der Waals surface area contributed by atoms with Crippen LogP contribution in [0.2, 0.25) is 0 Å². The lowest BCUT2D eigenvalue weighted by molar-refractivity contribution is -0.117. The Bertz CT molecular complexity index is 599. The fourth-order valence-electron chi connectivity index (χ4n) is 2.00. The lowest BCUT2D eigenvalue weighted by Crippen LogP contribution is -2.29. The van der Waals surface area contributed by atoms with Crippen molar-refractivity contribution in [2.45, 2.75) is 6.54 Å². The second-order valence-electron chi connectivity index (χ2n) is 4.81. The Morgan fingerprint density at radius 3 is 2.90 bits per heavy atom. The normalized spacial score (nSPS) is 10.6. The number of hydrogen-bond acceptors (Lipinski definition) is 5. The maximum atomic E-state index is 12.1. The number of likely N-dealkylation sites (N-methyl/N-ethyl adjacent to an activating group) is 1. The molecule has 0 unspecified atom stereocenters. The first-order chi connectivity index (χ1) is 10.1. The Balaban J connectivity index is 1.92. The molecule has 1 amide bonds. The monoisotopic (exact) mass is 305 g/mol. The number of anilines is 2. The van der Waals surface area contributed by atoms with Gasteiger partial charge in [-0.2, -0.15) is 11.3 Å². The zero-order valence-electron chi connectivity index (χ0n) is 12.1. The van der Waals surface area contributed by atoms with Crippen molar-refractivity contribution in [1.29, 1.82) is 0 Å². The Hall–Kier alpha value is -2.05. The van der Waals surface area contributed by atoms with Crippen LogP contribution in [0.5, 0.6) is 5.75 Å². The van der Waals surface area contributed by atoms with Gasteiger partial charge in [0.05, 0.1) is 19.3 Å². The molecule has 1 aromatic heterocycles. The Morgan fingerprint density at radius 2 is 2.24 bits per heavy atom. The van der Waals surface area contributed by atoms with Gasteiger partial charge in [-0.05, 0) is 41.6 Å². The summed E-state index contributed by atoms with van der Waals surface area (Å²) in [5.41, 5.74) is 8.12. The molecule has 0 atom stereocenters. The number of nitrogens with zero attached hydrogens (tertiary/aromatic N) is 1. The van der Waals surface area contributed by atoms with E-state index in [1.54, 1.807) is 36.6 Å². The fourth-order valence-corrected chi connectivity index (χ4v) is 2.66. The fraction of sp³-hybridized carbons (Fsp3) is 0.267. The molecule has 21 heavy (non-hydrogen) atoms. The van der Waals surface area contributed by atoms with Gasteiger partial charge in [0.25, 0.3) is 0 Å². The molecule has 0 aliphatic rings. The van der Waals surface area contributed by atoms with Gasteiger partial charge < -0.3 is 15.8 Å². The second kappa shape index (κ2) is 7.10. The molecule has 0 spiro atoms. The Kier molecular flexibility index (Phi) is 5.19. The number of carbonyl (C=O) groups is 1. The number of benzene rings is 1. The average molecular weight is 305 g/mol. The molecule has 0 saturated carbocycles. The molecule has 2 aromatic rings. The summed E-state index contributed by atoms with van der Waals surface area (Å²) in [5, 5.41) is 6.95. The van der Waals surface area contributed by atoms with Crippen LogP contribution in [0, 0.1) is 0 Å². The zero-order valence-corrected chi connectivity index (χ0v) is 12.9. The highest BCUT2D eigenvalue weighted by Gasteiger charge is 2.10. The van der Waals surface area contributed by atoms with E-state index in [0.29, 0.717) is 23.7 Å². The van der Waals surface area contributed by atoms with Gasteiger partial charge in [0.2, 0.25) is 5.91 Å². The first kappa shape index (κ1) is 15.3. The molecule has 1 heterocycles. The molecular formula is C15H19N3O2S. The van der Waals surface area contributed by atoms with E-state index < -0.39 is 0 Å². The third-order valence-corrected chi connectivity index (χ3v) is 3.68. The number of carbonyl (C=O) groups excluding carboxylic acids is 1. The smallest absolute Gasteiger partial charge is 0.238 e. The van der Waals surface area contributed by atoms with Crippen molar-refractivity contribution in [2.24, 2.45) is 0 Å². The number of nitrogen functional groups attached to an aromatic ring is 1. The number of nitrogens with two attached hydrogens (primary N) is 1. The van der Waals surface area contributed by atoms with Crippen LogP contribution in [-0.4, -0.2) is 31.5 Å². The molecule has 0 radical (unpaired) electrons. The predicted molar refractivity (Wildman–Crippen MR) is 86.7 cm³/mol. The number of methoxy groups -OCH3 is 1. The molecule has 0 saturated heterocycles. The molecule has 0 aliphatic carbocycles. The number of hydrogen-bond donors (Lipinski definition) is 2. The van der Waals surface area contributed by atoms with Gasteiger partial charge in [0.15, 0.2) is 0 Å². The highest BCUT2D eigenvalue weighted by molar-refractivity contribution is 7.07. The third-order valence-electron chi connectivity index (χ3n) is 2.95. The number of ether oxygens (including phenoxy) is 1. The molecule has 0 aliphatic heterocycles. The van der Waals surface area contributed by atoms with Crippen LogP contribution in [0.3, 0.4) is 0 Å².